The highest BCUT2D eigenvalue weighted by molar-refractivity contribution is 7.89. The number of anilines is 1. The van der Waals surface area contributed by atoms with Crippen molar-refractivity contribution in [2.75, 3.05) is 18.4 Å². The van der Waals surface area contributed by atoms with Crippen molar-refractivity contribution >= 4 is 21.6 Å². The van der Waals surface area contributed by atoms with E-state index >= 15 is 0 Å². The van der Waals surface area contributed by atoms with Gasteiger partial charge in [-0.15, -0.1) is 0 Å². The normalized spacial score (nSPS) is 15.0. The Hall–Kier alpha value is -3.04. The zero-order chi connectivity index (χ0) is 22.0. The Morgan fingerprint density at radius 2 is 1.81 bits per heavy atom. The topological polar surface area (TPSA) is 97.2 Å². The molecule has 4 rings (SSSR count). The molecule has 1 fully saturated rings. The number of amides is 1. The van der Waals surface area contributed by atoms with E-state index in [2.05, 4.69) is 15.4 Å². The smallest absolute Gasteiger partial charge is 0.255 e. The molecule has 1 saturated heterocycles. The van der Waals surface area contributed by atoms with Gasteiger partial charge in [-0.05, 0) is 63.1 Å². The largest absolute Gasteiger partial charge is 0.321 e. The first-order valence-corrected chi connectivity index (χ1v) is 11.7. The third kappa shape index (κ3) is 4.52. The van der Waals surface area contributed by atoms with Crippen molar-refractivity contribution in [2.24, 2.45) is 0 Å². The Labute approximate surface area is 182 Å². The Morgan fingerprint density at radius 3 is 2.45 bits per heavy atom. The van der Waals surface area contributed by atoms with E-state index in [1.54, 1.807) is 35.1 Å². The van der Waals surface area contributed by atoms with Crippen LogP contribution in [0.25, 0.3) is 5.82 Å². The van der Waals surface area contributed by atoms with Crippen LogP contribution in [-0.4, -0.2) is 46.5 Å². The number of aryl methyl sites for hydroxylation is 2. The van der Waals surface area contributed by atoms with Crippen molar-refractivity contribution in [3.8, 4) is 5.82 Å². The van der Waals surface area contributed by atoms with Crippen LogP contribution in [0.2, 0.25) is 0 Å². The number of hydrogen-bond acceptors (Lipinski definition) is 5. The van der Waals surface area contributed by atoms with Gasteiger partial charge in [-0.2, -0.15) is 9.40 Å². The molecular weight excluding hydrogens is 414 g/mol. The van der Waals surface area contributed by atoms with Crippen molar-refractivity contribution in [1.29, 1.82) is 0 Å². The average molecular weight is 440 g/mol. The number of sulfonamides is 1. The summed E-state index contributed by atoms with van der Waals surface area (Å²) in [7, 11) is -3.60. The van der Waals surface area contributed by atoms with Crippen molar-refractivity contribution in [3.05, 3.63) is 65.6 Å². The molecule has 0 atom stereocenters. The maximum Gasteiger partial charge on any atom is 0.255 e. The molecule has 2 aromatic heterocycles. The SMILES string of the molecule is Cc1cc(C)n(-c2ccc(NC(=O)c3cccc(S(=O)(=O)N4CCCCC4)c3)cn2)n1. The van der Waals surface area contributed by atoms with Crippen LogP contribution < -0.4 is 5.32 Å². The third-order valence-corrected chi connectivity index (χ3v) is 7.18. The van der Waals surface area contributed by atoms with Crippen LogP contribution in [-0.2, 0) is 10.0 Å². The maximum atomic E-state index is 12.9. The van der Waals surface area contributed by atoms with Crippen molar-refractivity contribution in [1.82, 2.24) is 19.1 Å². The molecule has 3 heterocycles. The van der Waals surface area contributed by atoms with Gasteiger partial charge in [-0.3, -0.25) is 4.79 Å². The van der Waals surface area contributed by atoms with E-state index < -0.39 is 15.9 Å². The Bertz CT molecular complexity index is 1200. The molecule has 0 spiro atoms. The lowest BCUT2D eigenvalue weighted by atomic mass is 10.2. The lowest BCUT2D eigenvalue weighted by Crippen LogP contribution is -2.35. The van der Waals surface area contributed by atoms with Gasteiger partial charge in [0.25, 0.3) is 5.91 Å². The van der Waals surface area contributed by atoms with E-state index in [1.165, 1.54) is 16.4 Å². The summed E-state index contributed by atoms with van der Waals surface area (Å²) >= 11 is 0. The second-order valence-corrected chi connectivity index (χ2v) is 9.63. The van der Waals surface area contributed by atoms with Crippen LogP contribution >= 0.6 is 0 Å². The van der Waals surface area contributed by atoms with Crippen molar-refractivity contribution in [3.63, 3.8) is 0 Å². The summed E-state index contributed by atoms with van der Waals surface area (Å²) in [6.45, 7) is 4.90. The molecule has 0 bridgehead atoms. The molecule has 31 heavy (non-hydrogen) atoms. The Morgan fingerprint density at radius 1 is 1.03 bits per heavy atom. The Kier molecular flexibility index (Phi) is 5.88. The van der Waals surface area contributed by atoms with E-state index in [0.717, 1.165) is 30.7 Å². The van der Waals surface area contributed by atoms with E-state index in [4.69, 9.17) is 0 Å². The Balaban J connectivity index is 1.50. The number of nitrogens with one attached hydrogen (secondary N) is 1. The van der Waals surface area contributed by atoms with Gasteiger partial charge in [0.15, 0.2) is 5.82 Å². The van der Waals surface area contributed by atoms with Crippen molar-refractivity contribution in [2.45, 2.75) is 38.0 Å². The van der Waals surface area contributed by atoms with Crippen LogP contribution in [0.3, 0.4) is 0 Å². The highest BCUT2D eigenvalue weighted by atomic mass is 32.2. The summed E-state index contributed by atoms with van der Waals surface area (Å²) in [6, 6.07) is 11.6. The molecule has 1 aromatic carbocycles. The van der Waals surface area contributed by atoms with Gasteiger partial charge in [0.05, 0.1) is 22.5 Å². The summed E-state index contributed by atoms with van der Waals surface area (Å²) < 4.78 is 29.0. The zero-order valence-electron chi connectivity index (χ0n) is 17.6. The van der Waals surface area contributed by atoms with Gasteiger partial charge in [-0.1, -0.05) is 12.5 Å². The molecule has 9 heteroatoms. The van der Waals surface area contributed by atoms with Crippen molar-refractivity contribution < 1.29 is 13.2 Å². The molecule has 162 valence electrons. The molecule has 3 aromatic rings. The molecular formula is C22H25N5O3S. The third-order valence-electron chi connectivity index (χ3n) is 5.28. The van der Waals surface area contributed by atoms with E-state index in [0.29, 0.717) is 24.6 Å². The fraction of sp³-hybridized carbons (Fsp3) is 0.318. The number of nitrogens with zero attached hydrogens (tertiary/aromatic N) is 4. The van der Waals surface area contributed by atoms with Gasteiger partial charge < -0.3 is 5.32 Å². The predicted molar refractivity (Wildman–Crippen MR) is 118 cm³/mol. The monoisotopic (exact) mass is 439 g/mol. The first-order chi connectivity index (χ1) is 14.8. The molecule has 1 amide bonds. The standard InChI is InChI=1S/C22H25N5O3S/c1-16-13-17(2)27(25-16)21-10-9-19(15-23-21)24-22(28)18-7-6-8-20(14-18)31(29,30)26-11-4-3-5-12-26/h6-10,13-15H,3-5,11-12H2,1-2H3,(H,24,28). The number of rotatable bonds is 5. The second kappa shape index (κ2) is 8.60. The van der Waals surface area contributed by atoms with Crippen LogP contribution in [0.4, 0.5) is 5.69 Å². The molecule has 1 aliphatic rings. The lowest BCUT2D eigenvalue weighted by molar-refractivity contribution is 0.102. The molecule has 0 unspecified atom stereocenters. The predicted octanol–water partition coefficient (Wildman–Crippen LogP) is 3.31. The number of pyridine rings is 1. The number of aromatic nitrogens is 3. The van der Waals surface area contributed by atoms with Gasteiger partial charge in [0.2, 0.25) is 10.0 Å². The van der Waals surface area contributed by atoms with E-state index in [1.807, 2.05) is 19.9 Å². The maximum absolute atomic E-state index is 12.9. The van der Waals surface area contributed by atoms with E-state index in [9.17, 15) is 13.2 Å². The molecule has 1 N–H and O–H groups in total. The van der Waals surface area contributed by atoms with Crippen LogP contribution in [0.1, 0.15) is 41.0 Å². The van der Waals surface area contributed by atoms with Gasteiger partial charge in [0, 0.05) is 24.3 Å². The molecule has 0 radical (unpaired) electrons. The molecule has 8 nitrogen and oxygen atoms in total. The number of benzene rings is 1. The first kappa shape index (κ1) is 21.2. The quantitative estimate of drug-likeness (QED) is 0.658. The van der Waals surface area contributed by atoms with Gasteiger partial charge in [-0.25, -0.2) is 18.1 Å². The van der Waals surface area contributed by atoms with Gasteiger partial charge >= 0.3 is 0 Å². The number of hydrogen-bond donors (Lipinski definition) is 1. The number of piperidine rings is 1. The summed E-state index contributed by atoms with van der Waals surface area (Å²) in [5.74, 6) is 0.259. The summed E-state index contributed by atoms with van der Waals surface area (Å²) in [6.07, 6.45) is 4.32. The summed E-state index contributed by atoms with van der Waals surface area (Å²) in [5, 5.41) is 7.17. The highest BCUT2D eigenvalue weighted by Gasteiger charge is 2.26. The van der Waals surface area contributed by atoms with Crippen LogP contribution in [0.15, 0.2) is 53.6 Å². The summed E-state index contributed by atoms with van der Waals surface area (Å²) in [5.41, 5.74) is 2.66. The average Bonchev–Trinajstić information content (AvgIpc) is 3.13. The first-order valence-electron chi connectivity index (χ1n) is 10.3. The second-order valence-electron chi connectivity index (χ2n) is 7.69. The summed E-state index contributed by atoms with van der Waals surface area (Å²) in [4.78, 5) is 17.2. The number of carbonyl (C=O) groups is 1. The minimum absolute atomic E-state index is 0.139. The van der Waals surface area contributed by atoms with Crippen LogP contribution in [0, 0.1) is 13.8 Å². The molecule has 1 aliphatic heterocycles. The molecule has 0 saturated carbocycles. The minimum Gasteiger partial charge on any atom is -0.321 e. The minimum atomic E-state index is -3.60. The lowest BCUT2D eigenvalue weighted by Gasteiger charge is -2.26. The number of carbonyl (C=O) groups excluding carboxylic acids is 1. The van der Waals surface area contributed by atoms with Gasteiger partial charge in [0.1, 0.15) is 0 Å². The van der Waals surface area contributed by atoms with Crippen LogP contribution in [0.5, 0.6) is 0 Å². The highest BCUT2D eigenvalue weighted by Crippen LogP contribution is 2.22. The molecule has 0 aliphatic carbocycles. The fourth-order valence-corrected chi connectivity index (χ4v) is 5.26. The fourth-order valence-electron chi connectivity index (χ4n) is 3.70. The van der Waals surface area contributed by atoms with E-state index in [-0.39, 0.29) is 10.5 Å². The zero-order valence-corrected chi connectivity index (χ0v) is 18.4.